The molecule has 2 aliphatic carbocycles. The van der Waals surface area contributed by atoms with Gasteiger partial charge in [-0.15, -0.1) is 0 Å². The zero-order valence-electron chi connectivity index (χ0n) is 20.5. The van der Waals surface area contributed by atoms with Crippen molar-refractivity contribution in [2.24, 2.45) is 16.7 Å². The molecule has 0 aromatic heterocycles. The molecule has 2 aliphatic rings. The first kappa shape index (κ1) is 27.5. The lowest BCUT2D eigenvalue weighted by atomic mass is 9.70. The van der Waals surface area contributed by atoms with Crippen molar-refractivity contribution < 1.29 is 30.9 Å². The van der Waals surface area contributed by atoms with Crippen LogP contribution in [-0.2, 0) is 14.9 Å². The van der Waals surface area contributed by atoms with Gasteiger partial charge in [-0.25, -0.2) is 21.6 Å². The molecule has 5 rings (SSSR count). The number of hydrogen-bond acceptors (Lipinski definition) is 4. The molecule has 2 fully saturated rings. The van der Waals surface area contributed by atoms with Gasteiger partial charge in [0.25, 0.3) is 0 Å². The number of Topliss-reactive ketones (excluding diaryl/α,β-unsaturated/α-hetero) is 1. The average molecular weight is 549 g/mol. The van der Waals surface area contributed by atoms with Crippen molar-refractivity contribution in [3.63, 3.8) is 0 Å². The smallest absolute Gasteiger partial charge is 0.140 e. The summed E-state index contributed by atoms with van der Waals surface area (Å²) >= 11 is 0. The maximum absolute atomic E-state index is 13.2. The Morgan fingerprint density at radius 1 is 0.811 bits per heavy atom. The third-order valence-electron chi connectivity index (χ3n) is 7.96. The van der Waals surface area contributed by atoms with E-state index in [1.165, 1.54) is 36.4 Å². The van der Waals surface area contributed by atoms with Crippen molar-refractivity contribution in [3.8, 4) is 0 Å². The van der Waals surface area contributed by atoms with Gasteiger partial charge >= 0.3 is 0 Å². The minimum Gasteiger partial charge on any atom is -0.748 e. The third kappa shape index (κ3) is 5.66. The van der Waals surface area contributed by atoms with Crippen LogP contribution in [0, 0.1) is 34.2 Å². The van der Waals surface area contributed by atoms with Crippen LogP contribution in [0.1, 0.15) is 33.1 Å². The fraction of sp³-hybridized carbons (Fsp3) is 0.321. The van der Waals surface area contributed by atoms with E-state index in [0.29, 0.717) is 12.8 Å². The number of carbonyl (C=O) groups excluding carboxylic acids is 1. The van der Waals surface area contributed by atoms with Crippen LogP contribution in [0.3, 0.4) is 0 Å². The van der Waals surface area contributed by atoms with Crippen LogP contribution in [-0.4, -0.2) is 24.5 Å². The molecule has 2 unspecified atom stereocenters. The van der Waals surface area contributed by atoms with Crippen LogP contribution in [0.4, 0.5) is 13.2 Å². The predicted molar refractivity (Wildman–Crippen MR) is 140 cm³/mol. The van der Waals surface area contributed by atoms with Gasteiger partial charge in [0.1, 0.15) is 39.1 Å². The molecular weight excluding hydrogens is 520 g/mol. The largest absolute Gasteiger partial charge is 0.748 e. The zero-order valence-corrected chi connectivity index (χ0v) is 22.3. The summed E-state index contributed by atoms with van der Waals surface area (Å²) in [6, 6.07) is 18.9. The van der Waals surface area contributed by atoms with Gasteiger partial charge in [-0.3, -0.25) is 4.79 Å². The van der Waals surface area contributed by atoms with Gasteiger partial charge in [0, 0.05) is 11.8 Å². The number of ketones is 1. The van der Waals surface area contributed by atoms with Crippen LogP contribution in [0.25, 0.3) is 0 Å². The second-order valence-corrected chi connectivity index (χ2v) is 14.2. The van der Waals surface area contributed by atoms with Crippen molar-refractivity contribution in [2.75, 3.05) is 5.75 Å². The second kappa shape index (κ2) is 10.3. The molecule has 3 aromatic carbocycles. The Kier molecular flexibility index (Phi) is 7.67. The lowest BCUT2D eigenvalue weighted by Crippen LogP contribution is -2.42. The van der Waals surface area contributed by atoms with Crippen LogP contribution >= 0.6 is 7.92 Å². The Bertz CT molecular complexity index is 1270. The highest BCUT2D eigenvalue weighted by Crippen LogP contribution is 2.64. The first-order chi connectivity index (χ1) is 17.3. The van der Waals surface area contributed by atoms with Gasteiger partial charge < -0.3 is 4.55 Å². The normalized spacial score (nSPS) is 22.1. The number of benzene rings is 3. The molecule has 0 amide bonds. The zero-order chi connectivity index (χ0) is 27.0. The molecule has 0 aliphatic heterocycles. The molecule has 0 saturated heterocycles. The average Bonchev–Trinajstić information content (AvgIpc) is 3.16. The maximum atomic E-state index is 13.2. The van der Waals surface area contributed by atoms with Gasteiger partial charge in [-0.05, 0) is 97.0 Å². The molecule has 0 heterocycles. The Morgan fingerprint density at radius 3 is 1.46 bits per heavy atom. The Morgan fingerprint density at radius 2 is 1.19 bits per heavy atom. The quantitative estimate of drug-likeness (QED) is 0.347. The van der Waals surface area contributed by atoms with Crippen LogP contribution in [0.5, 0.6) is 0 Å². The van der Waals surface area contributed by atoms with Gasteiger partial charge in [0.15, 0.2) is 0 Å². The van der Waals surface area contributed by atoms with E-state index >= 15 is 0 Å². The summed E-state index contributed by atoms with van der Waals surface area (Å²) in [7, 11) is -5.75. The molecule has 0 radical (unpaired) electrons. The minimum atomic E-state index is -4.33. The SMILES string of the molecule is CC1(C)C2CCC1(CS(=O)(=O)[O-])C(=O)C2.Fc1ccc([PH+](c2ccc(F)cc2)c2ccc(F)cc2)cc1. The number of rotatable bonds is 5. The summed E-state index contributed by atoms with van der Waals surface area (Å²) in [5, 5.41) is 2.89. The summed E-state index contributed by atoms with van der Waals surface area (Å²) in [6.07, 6.45) is 1.88. The summed E-state index contributed by atoms with van der Waals surface area (Å²) < 4.78 is 72.2. The Balaban J connectivity index is 0.000000186. The van der Waals surface area contributed by atoms with E-state index in [0.717, 1.165) is 22.3 Å². The standard InChI is InChI=1S/C18H12F3P.C10H16O4S/c19-13-1-7-16(8-2-13)22(17-9-3-14(20)4-10-17)18-11-5-15(21)6-12-18;1-9(2)7-3-4-10(9,8(11)5-7)6-15(12,13)14/h1-12H;7H,3-6H2,1-2H3,(H,12,13,14). The molecule has 2 atom stereocenters. The Labute approximate surface area is 216 Å². The van der Waals surface area contributed by atoms with E-state index in [-0.39, 0.29) is 34.6 Å². The fourth-order valence-electron chi connectivity index (χ4n) is 5.76. The second-order valence-electron chi connectivity index (χ2n) is 10.3. The number of hydrogen-bond donors (Lipinski definition) is 0. The van der Waals surface area contributed by atoms with E-state index in [1.54, 1.807) is 36.4 Å². The van der Waals surface area contributed by atoms with Gasteiger partial charge in [-0.2, -0.15) is 0 Å². The first-order valence-corrected chi connectivity index (χ1v) is 15.0. The molecule has 0 spiro atoms. The fourth-order valence-corrected chi connectivity index (χ4v) is 9.54. The lowest BCUT2D eigenvalue weighted by molar-refractivity contribution is -0.128. The monoisotopic (exact) mass is 548 g/mol. The predicted octanol–water partition coefficient (Wildman–Crippen LogP) is 4.52. The molecule has 0 N–H and O–H groups in total. The summed E-state index contributed by atoms with van der Waals surface area (Å²) in [5.74, 6) is -1.19. The van der Waals surface area contributed by atoms with E-state index in [9.17, 15) is 30.9 Å². The Hall–Kier alpha value is -2.54. The molecule has 9 heteroatoms. The minimum absolute atomic E-state index is 0.0248. The third-order valence-corrected chi connectivity index (χ3v) is 11.5. The summed E-state index contributed by atoms with van der Waals surface area (Å²) in [4.78, 5) is 11.8. The molecule has 37 heavy (non-hydrogen) atoms. The molecule has 2 saturated carbocycles. The molecule has 2 bridgehead atoms. The van der Waals surface area contributed by atoms with Crippen molar-refractivity contribution in [1.29, 1.82) is 0 Å². The summed E-state index contributed by atoms with van der Waals surface area (Å²) in [6.45, 7) is 3.83. The number of fused-ring (bicyclic) bond motifs is 2. The van der Waals surface area contributed by atoms with E-state index in [2.05, 4.69) is 0 Å². The van der Waals surface area contributed by atoms with E-state index in [4.69, 9.17) is 0 Å². The van der Waals surface area contributed by atoms with Crippen LogP contribution in [0.2, 0.25) is 0 Å². The van der Waals surface area contributed by atoms with Crippen molar-refractivity contribution in [1.82, 2.24) is 0 Å². The van der Waals surface area contributed by atoms with Gasteiger partial charge in [0.05, 0.1) is 23.8 Å². The number of carbonyl (C=O) groups is 1. The van der Waals surface area contributed by atoms with Gasteiger partial charge in [0.2, 0.25) is 0 Å². The topological polar surface area (TPSA) is 74.3 Å². The highest BCUT2D eigenvalue weighted by Gasteiger charge is 2.64. The first-order valence-electron chi connectivity index (χ1n) is 11.9. The van der Waals surface area contributed by atoms with Crippen LogP contribution < -0.4 is 15.9 Å². The molecule has 4 nitrogen and oxygen atoms in total. The highest BCUT2D eigenvalue weighted by molar-refractivity contribution is 7.85. The highest BCUT2D eigenvalue weighted by atomic mass is 32.2. The maximum Gasteiger partial charge on any atom is 0.140 e. The molecule has 196 valence electrons. The number of halogens is 3. The van der Waals surface area contributed by atoms with E-state index < -0.39 is 29.2 Å². The molecular formula is C28H28F3O4PS. The van der Waals surface area contributed by atoms with Gasteiger partial charge in [-0.1, -0.05) is 13.8 Å². The van der Waals surface area contributed by atoms with E-state index in [1.807, 2.05) is 13.8 Å². The lowest BCUT2D eigenvalue weighted by Gasteiger charge is -2.37. The van der Waals surface area contributed by atoms with Crippen molar-refractivity contribution in [2.45, 2.75) is 33.1 Å². The summed E-state index contributed by atoms with van der Waals surface area (Å²) in [5.41, 5.74) is -1.22. The van der Waals surface area contributed by atoms with Crippen molar-refractivity contribution >= 4 is 39.7 Å². The molecule has 3 aromatic rings. The van der Waals surface area contributed by atoms with Crippen molar-refractivity contribution in [3.05, 3.63) is 90.2 Å². The van der Waals surface area contributed by atoms with Crippen LogP contribution in [0.15, 0.2) is 72.8 Å².